The highest BCUT2D eigenvalue weighted by Crippen LogP contribution is 2.30. The van der Waals surface area contributed by atoms with Crippen LogP contribution in [0.2, 0.25) is 0 Å². The third-order valence-corrected chi connectivity index (χ3v) is 6.07. The highest BCUT2D eigenvalue weighted by molar-refractivity contribution is 7.18. The van der Waals surface area contributed by atoms with Gasteiger partial charge in [0.05, 0.1) is 21.8 Å². The Labute approximate surface area is 159 Å². The van der Waals surface area contributed by atoms with Crippen LogP contribution in [0.25, 0.3) is 21.3 Å². The van der Waals surface area contributed by atoms with Crippen LogP contribution >= 0.6 is 11.3 Å². The van der Waals surface area contributed by atoms with Crippen LogP contribution in [0, 0.1) is 0 Å². The van der Waals surface area contributed by atoms with Crippen LogP contribution in [0.3, 0.4) is 0 Å². The van der Waals surface area contributed by atoms with Crippen molar-refractivity contribution in [1.82, 2.24) is 14.5 Å². The lowest BCUT2D eigenvalue weighted by Gasteiger charge is -2.26. The van der Waals surface area contributed by atoms with Gasteiger partial charge < -0.3 is 9.32 Å². The van der Waals surface area contributed by atoms with Crippen molar-refractivity contribution >= 4 is 38.6 Å². The Morgan fingerprint density at radius 1 is 1.15 bits per heavy atom. The monoisotopic (exact) mass is 381 g/mol. The quantitative estimate of drug-likeness (QED) is 0.536. The van der Waals surface area contributed by atoms with Gasteiger partial charge in [0, 0.05) is 7.05 Å². The second-order valence-electron chi connectivity index (χ2n) is 6.53. The van der Waals surface area contributed by atoms with Gasteiger partial charge in [-0.05, 0) is 38.1 Å². The van der Waals surface area contributed by atoms with Crippen molar-refractivity contribution in [3.8, 4) is 0 Å². The minimum atomic E-state index is -0.678. The summed E-state index contributed by atoms with van der Waals surface area (Å²) in [6.07, 6.45) is 0. The summed E-state index contributed by atoms with van der Waals surface area (Å²) < 4.78 is 7.75. The van der Waals surface area contributed by atoms with Gasteiger partial charge in [0.1, 0.15) is 11.0 Å². The highest BCUT2D eigenvalue weighted by atomic mass is 32.1. The second-order valence-corrected chi connectivity index (χ2v) is 7.59. The van der Waals surface area contributed by atoms with Gasteiger partial charge >= 0.3 is 5.76 Å². The third-order valence-electron chi connectivity index (χ3n) is 4.86. The minimum absolute atomic E-state index is 0.171. The number of aromatic nitrogens is 2. The van der Waals surface area contributed by atoms with E-state index in [1.54, 1.807) is 48.4 Å². The van der Waals surface area contributed by atoms with Crippen molar-refractivity contribution in [3.05, 3.63) is 64.1 Å². The van der Waals surface area contributed by atoms with E-state index < -0.39 is 11.8 Å². The molecule has 4 rings (SSSR count). The van der Waals surface area contributed by atoms with Crippen LogP contribution in [0.1, 0.15) is 30.9 Å². The number of hydrogen-bond donors (Lipinski definition) is 0. The molecule has 0 aliphatic rings. The molecule has 2 atom stereocenters. The average Bonchev–Trinajstić information content (AvgIpc) is 3.25. The SMILES string of the molecule is CC(c1nc2ccccc2s1)N(C)C(=O)C(C)n1c(=O)oc2ccccc21. The van der Waals surface area contributed by atoms with E-state index in [0.29, 0.717) is 11.1 Å². The van der Waals surface area contributed by atoms with Crippen molar-refractivity contribution in [2.75, 3.05) is 7.05 Å². The van der Waals surface area contributed by atoms with E-state index >= 15 is 0 Å². The summed E-state index contributed by atoms with van der Waals surface area (Å²) in [4.78, 5) is 31.6. The number of amides is 1. The minimum Gasteiger partial charge on any atom is -0.408 e. The van der Waals surface area contributed by atoms with Crippen LogP contribution in [0.15, 0.2) is 57.7 Å². The maximum absolute atomic E-state index is 13.1. The zero-order valence-electron chi connectivity index (χ0n) is 15.2. The Hall–Kier alpha value is -2.93. The van der Waals surface area contributed by atoms with Gasteiger partial charge in [-0.3, -0.25) is 9.36 Å². The number of hydrogen-bond acceptors (Lipinski definition) is 5. The molecule has 0 fully saturated rings. The summed E-state index contributed by atoms with van der Waals surface area (Å²) in [6.45, 7) is 3.66. The molecule has 0 aliphatic heterocycles. The number of rotatable bonds is 4. The fraction of sp³-hybridized carbons (Fsp3) is 0.250. The molecular weight excluding hydrogens is 362 g/mol. The number of likely N-dealkylation sites (N-methyl/N-ethyl adjacent to an activating group) is 1. The van der Waals surface area contributed by atoms with Crippen molar-refractivity contribution in [1.29, 1.82) is 0 Å². The molecule has 0 radical (unpaired) electrons. The van der Waals surface area contributed by atoms with Crippen molar-refractivity contribution in [3.63, 3.8) is 0 Å². The maximum Gasteiger partial charge on any atom is 0.420 e. The van der Waals surface area contributed by atoms with Crippen LogP contribution in [0.4, 0.5) is 0 Å². The zero-order valence-corrected chi connectivity index (χ0v) is 16.1. The summed E-state index contributed by atoms with van der Waals surface area (Å²) >= 11 is 1.57. The molecule has 0 aliphatic carbocycles. The molecule has 7 heteroatoms. The molecule has 27 heavy (non-hydrogen) atoms. The number of carbonyl (C=O) groups excluding carboxylic acids is 1. The van der Waals surface area contributed by atoms with Gasteiger partial charge in [0.2, 0.25) is 5.91 Å². The predicted octanol–water partition coefficient (Wildman–Crippen LogP) is 3.98. The zero-order chi connectivity index (χ0) is 19.1. The van der Waals surface area contributed by atoms with Gasteiger partial charge in [-0.1, -0.05) is 24.3 Å². The first-order valence-electron chi connectivity index (χ1n) is 8.69. The molecule has 0 bridgehead atoms. The first-order valence-corrected chi connectivity index (χ1v) is 9.51. The molecule has 0 spiro atoms. The Balaban J connectivity index is 1.64. The van der Waals surface area contributed by atoms with Crippen LogP contribution in [-0.4, -0.2) is 27.4 Å². The number of para-hydroxylation sites is 3. The summed E-state index contributed by atoms with van der Waals surface area (Å²) in [5.41, 5.74) is 2.02. The van der Waals surface area contributed by atoms with E-state index in [9.17, 15) is 9.59 Å². The summed E-state index contributed by atoms with van der Waals surface area (Å²) in [5, 5.41) is 0.864. The Kier molecular flexibility index (Phi) is 4.31. The normalized spacial score (nSPS) is 13.7. The van der Waals surface area contributed by atoms with Crippen LogP contribution < -0.4 is 5.76 Å². The van der Waals surface area contributed by atoms with E-state index in [2.05, 4.69) is 4.98 Å². The van der Waals surface area contributed by atoms with Crippen LogP contribution in [0.5, 0.6) is 0 Å². The molecule has 2 aromatic heterocycles. The van der Waals surface area contributed by atoms with E-state index in [1.165, 1.54) is 4.57 Å². The van der Waals surface area contributed by atoms with Crippen LogP contribution in [-0.2, 0) is 4.79 Å². The molecule has 138 valence electrons. The highest BCUT2D eigenvalue weighted by Gasteiger charge is 2.28. The topological polar surface area (TPSA) is 68.3 Å². The predicted molar refractivity (Wildman–Crippen MR) is 106 cm³/mol. The molecule has 2 heterocycles. The molecule has 0 saturated carbocycles. The molecular formula is C20H19N3O3S. The number of nitrogens with zero attached hydrogens (tertiary/aromatic N) is 3. The molecule has 6 nitrogen and oxygen atoms in total. The number of benzene rings is 2. The number of carbonyl (C=O) groups is 1. The fourth-order valence-corrected chi connectivity index (χ4v) is 4.24. The summed E-state index contributed by atoms with van der Waals surface area (Å²) in [6, 6.07) is 14.1. The van der Waals surface area contributed by atoms with Gasteiger partial charge in [0.25, 0.3) is 0 Å². The van der Waals surface area contributed by atoms with E-state index in [0.717, 1.165) is 15.2 Å². The first-order chi connectivity index (χ1) is 13.0. The molecule has 2 aromatic carbocycles. The largest absolute Gasteiger partial charge is 0.420 e. The molecule has 4 aromatic rings. The van der Waals surface area contributed by atoms with E-state index in [4.69, 9.17) is 4.42 Å². The maximum atomic E-state index is 13.1. The summed E-state index contributed by atoms with van der Waals surface area (Å²) in [5.74, 6) is -0.700. The third kappa shape index (κ3) is 2.94. The number of thiazole rings is 1. The van der Waals surface area contributed by atoms with Crippen molar-refractivity contribution in [2.24, 2.45) is 0 Å². The van der Waals surface area contributed by atoms with Gasteiger partial charge in [0.15, 0.2) is 5.58 Å². The van der Waals surface area contributed by atoms with Crippen molar-refractivity contribution in [2.45, 2.75) is 25.9 Å². The average molecular weight is 381 g/mol. The lowest BCUT2D eigenvalue weighted by atomic mass is 10.2. The first kappa shape index (κ1) is 17.5. The number of oxazole rings is 1. The molecule has 0 N–H and O–H groups in total. The lowest BCUT2D eigenvalue weighted by Crippen LogP contribution is -2.37. The van der Waals surface area contributed by atoms with E-state index in [1.807, 2.05) is 37.3 Å². The Morgan fingerprint density at radius 2 is 1.85 bits per heavy atom. The summed E-state index contributed by atoms with van der Waals surface area (Å²) in [7, 11) is 1.74. The van der Waals surface area contributed by atoms with Gasteiger partial charge in [-0.15, -0.1) is 11.3 Å². The van der Waals surface area contributed by atoms with Gasteiger partial charge in [-0.2, -0.15) is 0 Å². The fourth-order valence-electron chi connectivity index (χ4n) is 3.18. The Morgan fingerprint density at radius 3 is 2.63 bits per heavy atom. The van der Waals surface area contributed by atoms with Crippen molar-refractivity contribution < 1.29 is 9.21 Å². The molecule has 0 saturated heterocycles. The second kappa shape index (κ2) is 6.66. The molecule has 2 unspecified atom stereocenters. The molecule has 1 amide bonds. The smallest absolute Gasteiger partial charge is 0.408 e. The van der Waals surface area contributed by atoms with E-state index in [-0.39, 0.29) is 11.9 Å². The lowest BCUT2D eigenvalue weighted by molar-refractivity contribution is -0.135. The Bertz CT molecular complexity index is 1160. The number of fused-ring (bicyclic) bond motifs is 2. The van der Waals surface area contributed by atoms with Gasteiger partial charge in [-0.25, -0.2) is 9.78 Å². The standard InChI is InChI=1S/C20H19N3O3S/c1-12(18-21-14-8-4-7-11-17(14)27-18)22(3)19(24)13(2)23-15-9-5-6-10-16(15)26-20(23)25/h4-13H,1-3H3.